The molecule has 0 N–H and O–H groups in total. The molecule has 2 heterocycles. The normalized spacial score (nSPS) is 33.0. The van der Waals surface area contributed by atoms with Crippen molar-refractivity contribution in [3.05, 3.63) is 23.8 Å². The van der Waals surface area contributed by atoms with E-state index in [0.29, 0.717) is 6.17 Å². The van der Waals surface area contributed by atoms with E-state index in [1.54, 1.807) is 0 Å². The first-order chi connectivity index (χ1) is 7.54. The Morgan fingerprint density at radius 1 is 1.38 bits per heavy atom. The lowest BCUT2D eigenvalue weighted by Gasteiger charge is -2.32. The van der Waals surface area contributed by atoms with Gasteiger partial charge in [0, 0.05) is 29.6 Å². The van der Waals surface area contributed by atoms with Gasteiger partial charge in [-0.05, 0) is 37.2 Å². The Labute approximate surface area is 103 Å². The van der Waals surface area contributed by atoms with Gasteiger partial charge in [0.05, 0.1) is 6.17 Å². The van der Waals surface area contributed by atoms with Crippen molar-refractivity contribution in [1.82, 2.24) is 4.90 Å². The van der Waals surface area contributed by atoms with Crippen molar-refractivity contribution >= 4 is 18.3 Å². The smallest absolute Gasteiger partial charge is 0.0911 e. The Morgan fingerprint density at radius 3 is 2.88 bits per heavy atom. The Balaban J connectivity index is 2.20. The Kier molecular flexibility index (Phi) is 2.08. The quantitative estimate of drug-likeness (QED) is 0.688. The summed E-state index contributed by atoms with van der Waals surface area (Å²) in [4.78, 5) is 5.94. The average Bonchev–Trinajstić information content (AvgIpc) is 2.65. The van der Waals surface area contributed by atoms with Crippen LogP contribution in [0.3, 0.4) is 0 Å². The van der Waals surface area contributed by atoms with Crippen LogP contribution in [0, 0.1) is 0 Å². The minimum atomic E-state index is 0.275. The number of anilines is 1. The van der Waals surface area contributed by atoms with E-state index in [4.69, 9.17) is 0 Å². The fraction of sp³-hybridized carbons (Fsp3) is 0.538. The molecular formula is C13H18N2S. The van der Waals surface area contributed by atoms with E-state index in [-0.39, 0.29) is 5.41 Å². The van der Waals surface area contributed by atoms with Crippen LogP contribution in [0.15, 0.2) is 23.1 Å². The van der Waals surface area contributed by atoms with Crippen LogP contribution in [-0.2, 0) is 5.41 Å². The molecule has 1 aromatic rings. The van der Waals surface area contributed by atoms with Crippen LogP contribution >= 0.6 is 12.6 Å². The largest absolute Gasteiger partial charge is 0.358 e. The van der Waals surface area contributed by atoms with Crippen LogP contribution in [-0.4, -0.2) is 31.7 Å². The highest BCUT2D eigenvalue weighted by Crippen LogP contribution is 2.51. The molecule has 2 aliphatic heterocycles. The molecule has 1 fully saturated rings. The molecule has 0 aliphatic carbocycles. The lowest BCUT2D eigenvalue weighted by atomic mass is 9.81. The first-order valence-corrected chi connectivity index (χ1v) is 6.25. The molecule has 3 heteroatoms. The predicted molar refractivity (Wildman–Crippen MR) is 70.5 cm³/mol. The van der Waals surface area contributed by atoms with Gasteiger partial charge in [0.1, 0.15) is 0 Å². The number of benzene rings is 1. The molecule has 2 nitrogen and oxygen atoms in total. The molecule has 1 aromatic carbocycles. The summed E-state index contributed by atoms with van der Waals surface area (Å²) >= 11 is 4.47. The number of likely N-dealkylation sites (tertiary alicyclic amines) is 1. The lowest BCUT2D eigenvalue weighted by molar-refractivity contribution is 0.268. The third kappa shape index (κ3) is 1.13. The second-order valence-electron chi connectivity index (χ2n) is 5.33. The molecular weight excluding hydrogens is 216 g/mol. The maximum atomic E-state index is 4.47. The van der Waals surface area contributed by atoms with Crippen LogP contribution < -0.4 is 4.90 Å². The molecule has 2 aliphatic rings. The summed E-state index contributed by atoms with van der Waals surface area (Å²) in [6.07, 6.45) is 1.75. The van der Waals surface area contributed by atoms with E-state index in [1.165, 1.54) is 24.2 Å². The van der Waals surface area contributed by atoms with E-state index in [0.717, 1.165) is 4.90 Å². The lowest BCUT2D eigenvalue weighted by Crippen LogP contribution is -2.45. The summed E-state index contributed by atoms with van der Waals surface area (Å²) in [5.41, 5.74) is 3.12. The molecule has 0 saturated carbocycles. The molecule has 86 valence electrons. The van der Waals surface area contributed by atoms with Crippen molar-refractivity contribution in [3.8, 4) is 0 Å². The van der Waals surface area contributed by atoms with Gasteiger partial charge in [0.25, 0.3) is 0 Å². The number of likely N-dealkylation sites (N-methyl/N-ethyl adjacent to an activating group) is 2. The van der Waals surface area contributed by atoms with E-state index < -0.39 is 0 Å². The molecule has 2 atom stereocenters. The zero-order valence-electron chi connectivity index (χ0n) is 10.1. The van der Waals surface area contributed by atoms with Crippen LogP contribution in [0.4, 0.5) is 5.69 Å². The average molecular weight is 234 g/mol. The second kappa shape index (κ2) is 3.17. The highest BCUT2D eigenvalue weighted by molar-refractivity contribution is 7.80. The summed E-state index contributed by atoms with van der Waals surface area (Å²) in [5.74, 6) is 0. The van der Waals surface area contributed by atoms with Gasteiger partial charge < -0.3 is 4.90 Å². The maximum Gasteiger partial charge on any atom is 0.0911 e. The van der Waals surface area contributed by atoms with Crippen molar-refractivity contribution < 1.29 is 0 Å². The highest BCUT2D eigenvalue weighted by atomic mass is 32.1. The van der Waals surface area contributed by atoms with E-state index >= 15 is 0 Å². The van der Waals surface area contributed by atoms with Crippen molar-refractivity contribution in [2.75, 3.05) is 25.5 Å². The second-order valence-corrected chi connectivity index (χ2v) is 5.85. The van der Waals surface area contributed by atoms with E-state index in [2.05, 4.69) is 61.6 Å². The van der Waals surface area contributed by atoms with Gasteiger partial charge in [-0.1, -0.05) is 6.92 Å². The van der Waals surface area contributed by atoms with Gasteiger partial charge in [0.2, 0.25) is 0 Å². The van der Waals surface area contributed by atoms with Crippen molar-refractivity contribution in [2.24, 2.45) is 0 Å². The topological polar surface area (TPSA) is 6.48 Å². The third-order valence-corrected chi connectivity index (χ3v) is 4.59. The van der Waals surface area contributed by atoms with Gasteiger partial charge in [0.15, 0.2) is 0 Å². The number of thiol groups is 1. The number of nitrogens with zero attached hydrogens (tertiary/aromatic N) is 2. The summed E-state index contributed by atoms with van der Waals surface area (Å²) in [5, 5.41) is 0. The Bertz CT molecular complexity index is 446. The monoisotopic (exact) mass is 234 g/mol. The van der Waals surface area contributed by atoms with Gasteiger partial charge in [-0.25, -0.2) is 0 Å². The van der Waals surface area contributed by atoms with Gasteiger partial charge in [-0.15, -0.1) is 12.6 Å². The molecule has 16 heavy (non-hydrogen) atoms. The van der Waals surface area contributed by atoms with Crippen molar-refractivity contribution in [3.63, 3.8) is 0 Å². The standard InChI is InChI=1S/C13H18N2S/c1-13-6-7-14(2)12(13)15(3)11-5-4-9(16)8-10(11)13/h4-5,8,12,16H,6-7H2,1-3H3. The molecule has 0 radical (unpaired) electrons. The molecule has 0 bridgehead atoms. The van der Waals surface area contributed by atoms with Crippen molar-refractivity contribution in [1.29, 1.82) is 0 Å². The van der Waals surface area contributed by atoms with Gasteiger partial charge in [-0.3, -0.25) is 4.90 Å². The zero-order chi connectivity index (χ0) is 11.5. The third-order valence-electron chi connectivity index (χ3n) is 4.31. The summed E-state index contributed by atoms with van der Waals surface area (Å²) < 4.78 is 0. The summed E-state index contributed by atoms with van der Waals surface area (Å²) in [6.45, 7) is 3.57. The highest BCUT2D eigenvalue weighted by Gasteiger charge is 2.51. The molecule has 0 spiro atoms. The molecule has 2 unspecified atom stereocenters. The Morgan fingerprint density at radius 2 is 2.12 bits per heavy atom. The SMILES string of the molecule is CN1CCC2(C)c3cc(S)ccc3N(C)C12. The zero-order valence-corrected chi connectivity index (χ0v) is 11.0. The number of hydrogen-bond donors (Lipinski definition) is 1. The van der Waals surface area contributed by atoms with Crippen molar-refractivity contribution in [2.45, 2.75) is 29.8 Å². The summed E-state index contributed by atoms with van der Waals surface area (Å²) in [7, 11) is 4.43. The fourth-order valence-electron chi connectivity index (χ4n) is 3.56. The fourth-order valence-corrected chi connectivity index (χ4v) is 3.77. The number of rotatable bonds is 0. The molecule has 0 amide bonds. The summed E-state index contributed by atoms with van der Waals surface area (Å²) in [6, 6.07) is 6.53. The molecule has 3 rings (SSSR count). The minimum absolute atomic E-state index is 0.275. The van der Waals surface area contributed by atoms with Crippen LogP contribution in [0.5, 0.6) is 0 Å². The van der Waals surface area contributed by atoms with E-state index in [1.807, 2.05) is 0 Å². The minimum Gasteiger partial charge on any atom is -0.358 e. The molecule has 0 aromatic heterocycles. The van der Waals surface area contributed by atoms with Gasteiger partial charge >= 0.3 is 0 Å². The van der Waals surface area contributed by atoms with Crippen LogP contribution in [0.25, 0.3) is 0 Å². The molecule has 1 saturated heterocycles. The number of hydrogen-bond acceptors (Lipinski definition) is 3. The van der Waals surface area contributed by atoms with E-state index in [9.17, 15) is 0 Å². The van der Waals surface area contributed by atoms with Crippen LogP contribution in [0.2, 0.25) is 0 Å². The predicted octanol–water partition coefficient (Wildman–Crippen LogP) is 2.34. The Hall–Kier alpha value is -0.670. The number of fused-ring (bicyclic) bond motifs is 3. The first-order valence-electron chi connectivity index (χ1n) is 5.80. The van der Waals surface area contributed by atoms with Crippen LogP contribution in [0.1, 0.15) is 18.9 Å². The first kappa shape index (κ1) is 10.5. The maximum absolute atomic E-state index is 4.47. The van der Waals surface area contributed by atoms with Gasteiger partial charge in [-0.2, -0.15) is 0 Å².